The standard InChI is InChI=1S/C24H26N4O2/c1-15-10-16(2)12-19(11-15)26-24-25-17(3)13-23(30)28(24)14-22(29)27-21-9-8-18-6-4-5-7-20(18)21/h4-7,10-13,21H,8-9,14H2,1-3H3,(H,25,26)(H,27,29)/t21-/m0/s1. The molecule has 0 bridgehead atoms. The molecule has 2 N–H and O–H groups in total. The highest BCUT2D eigenvalue weighted by Gasteiger charge is 2.24. The van der Waals surface area contributed by atoms with E-state index in [0.717, 1.165) is 35.2 Å². The second-order valence-electron chi connectivity index (χ2n) is 8.00. The molecule has 0 radical (unpaired) electrons. The van der Waals surface area contributed by atoms with Crippen LogP contribution in [0.15, 0.2) is 53.3 Å². The van der Waals surface area contributed by atoms with Crippen molar-refractivity contribution in [3.8, 4) is 0 Å². The number of anilines is 2. The minimum atomic E-state index is -0.253. The van der Waals surface area contributed by atoms with E-state index in [-0.39, 0.29) is 24.1 Å². The van der Waals surface area contributed by atoms with Crippen LogP contribution in [-0.4, -0.2) is 15.5 Å². The van der Waals surface area contributed by atoms with Crippen LogP contribution < -0.4 is 16.2 Å². The minimum Gasteiger partial charge on any atom is -0.348 e. The Bertz CT molecular complexity index is 1150. The number of hydrogen-bond donors (Lipinski definition) is 2. The first-order valence-electron chi connectivity index (χ1n) is 10.2. The van der Waals surface area contributed by atoms with Gasteiger partial charge in [-0.3, -0.25) is 14.2 Å². The summed E-state index contributed by atoms with van der Waals surface area (Å²) in [4.78, 5) is 29.9. The van der Waals surface area contributed by atoms with E-state index in [0.29, 0.717) is 11.6 Å². The van der Waals surface area contributed by atoms with Crippen LogP contribution in [0.1, 0.15) is 40.4 Å². The van der Waals surface area contributed by atoms with Gasteiger partial charge < -0.3 is 10.6 Å². The van der Waals surface area contributed by atoms with E-state index in [4.69, 9.17) is 0 Å². The van der Waals surface area contributed by atoms with E-state index in [1.807, 2.05) is 38.1 Å². The van der Waals surface area contributed by atoms with Gasteiger partial charge >= 0.3 is 0 Å². The number of aromatic nitrogens is 2. The van der Waals surface area contributed by atoms with E-state index >= 15 is 0 Å². The molecule has 1 atom stereocenters. The lowest BCUT2D eigenvalue weighted by Crippen LogP contribution is -2.35. The molecule has 0 fully saturated rings. The predicted octanol–water partition coefficient (Wildman–Crippen LogP) is 3.72. The Balaban J connectivity index is 1.56. The summed E-state index contributed by atoms with van der Waals surface area (Å²) >= 11 is 0. The van der Waals surface area contributed by atoms with Gasteiger partial charge in [0.15, 0.2) is 0 Å². The van der Waals surface area contributed by atoms with Gasteiger partial charge in [0.1, 0.15) is 6.54 Å². The van der Waals surface area contributed by atoms with Gasteiger partial charge in [-0.1, -0.05) is 30.3 Å². The zero-order chi connectivity index (χ0) is 21.3. The van der Waals surface area contributed by atoms with Gasteiger partial charge in [-0.2, -0.15) is 0 Å². The number of nitrogens with zero attached hydrogens (tertiary/aromatic N) is 2. The third-order valence-corrected chi connectivity index (χ3v) is 5.38. The van der Waals surface area contributed by atoms with Crippen molar-refractivity contribution in [2.75, 3.05) is 5.32 Å². The van der Waals surface area contributed by atoms with Crippen LogP contribution in [-0.2, 0) is 17.8 Å². The average Bonchev–Trinajstić information content (AvgIpc) is 3.07. The van der Waals surface area contributed by atoms with Crippen molar-refractivity contribution >= 4 is 17.5 Å². The number of rotatable bonds is 5. The fourth-order valence-corrected chi connectivity index (χ4v) is 4.14. The number of hydrogen-bond acceptors (Lipinski definition) is 4. The van der Waals surface area contributed by atoms with Gasteiger partial charge in [0, 0.05) is 17.4 Å². The van der Waals surface area contributed by atoms with E-state index in [9.17, 15) is 9.59 Å². The quantitative estimate of drug-likeness (QED) is 0.682. The van der Waals surface area contributed by atoms with E-state index in [1.54, 1.807) is 6.92 Å². The van der Waals surface area contributed by atoms with Crippen molar-refractivity contribution in [1.82, 2.24) is 14.9 Å². The summed E-state index contributed by atoms with van der Waals surface area (Å²) in [5.74, 6) is 0.167. The molecule has 0 saturated heterocycles. The maximum atomic E-state index is 12.8. The Morgan fingerprint density at radius 1 is 1.10 bits per heavy atom. The Kier molecular flexibility index (Phi) is 5.40. The fraction of sp³-hybridized carbons (Fsp3) is 0.292. The third kappa shape index (κ3) is 4.27. The highest BCUT2D eigenvalue weighted by atomic mass is 16.2. The van der Waals surface area contributed by atoms with Crippen LogP contribution in [0.2, 0.25) is 0 Å². The monoisotopic (exact) mass is 402 g/mol. The first kappa shape index (κ1) is 19.9. The molecule has 1 aliphatic rings. The molecule has 30 heavy (non-hydrogen) atoms. The maximum Gasteiger partial charge on any atom is 0.255 e. The fourth-order valence-electron chi connectivity index (χ4n) is 4.14. The maximum absolute atomic E-state index is 12.8. The van der Waals surface area contributed by atoms with Crippen molar-refractivity contribution in [2.45, 2.75) is 46.2 Å². The molecule has 2 aromatic carbocycles. The van der Waals surface area contributed by atoms with Gasteiger partial charge in [-0.05, 0) is 68.0 Å². The lowest BCUT2D eigenvalue weighted by Gasteiger charge is -2.17. The van der Waals surface area contributed by atoms with Crippen molar-refractivity contribution in [3.63, 3.8) is 0 Å². The molecule has 6 heteroatoms. The van der Waals surface area contributed by atoms with Crippen LogP contribution in [0.3, 0.4) is 0 Å². The number of fused-ring (bicyclic) bond motifs is 1. The van der Waals surface area contributed by atoms with Crippen molar-refractivity contribution < 1.29 is 4.79 Å². The summed E-state index contributed by atoms with van der Waals surface area (Å²) in [6, 6.07) is 15.7. The molecule has 0 saturated carbocycles. The van der Waals surface area contributed by atoms with Gasteiger partial charge in [0.2, 0.25) is 11.9 Å². The van der Waals surface area contributed by atoms with Crippen molar-refractivity contribution in [3.05, 3.63) is 86.8 Å². The van der Waals surface area contributed by atoms with E-state index < -0.39 is 0 Å². The van der Waals surface area contributed by atoms with Crippen LogP contribution >= 0.6 is 0 Å². The summed E-state index contributed by atoms with van der Waals surface area (Å²) < 4.78 is 1.39. The third-order valence-electron chi connectivity index (χ3n) is 5.38. The molecular formula is C24H26N4O2. The van der Waals surface area contributed by atoms with Crippen LogP contribution in [0.4, 0.5) is 11.6 Å². The molecule has 0 aliphatic heterocycles. The first-order valence-corrected chi connectivity index (χ1v) is 10.2. The van der Waals surface area contributed by atoms with Gasteiger partial charge in [0.05, 0.1) is 6.04 Å². The largest absolute Gasteiger partial charge is 0.348 e. The van der Waals surface area contributed by atoms with Gasteiger partial charge in [0.25, 0.3) is 5.56 Å². The molecule has 1 aromatic heterocycles. The smallest absolute Gasteiger partial charge is 0.255 e. The highest BCUT2D eigenvalue weighted by Crippen LogP contribution is 2.30. The predicted molar refractivity (Wildman–Crippen MR) is 118 cm³/mol. The molecule has 0 spiro atoms. The number of carbonyl (C=O) groups excluding carboxylic acids is 1. The topological polar surface area (TPSA) is 76.0 Å². The second kappa shape index (κ2) is 8.14. The average molecular weight is 402 g/mol. The highest BCUT2D eigenvalue weighted by molar-refractivity contribution is 5.77. The normalized spacial score (nSPS) is 15.0. The summed E-state index contributed by atoms with van der Waals surface area (Å²) in [5, 5.41) is 6.30. The molecule has 154 valence electrons. The number of nitrogens with one attached hydrogen (secondary N) is 2. The Hall–Kier alpha value is -3.41. The number of amides is 1. The summed E-state index contributed by atoms with van der Waals surface area (Å²) in [6.45, 7) is 5.72. The molecular weight excluding hydrogens is 376 g/mol. The Labute approximate surface area is 176 Å². The summed E-state index contributed by atoms with van der Waals surface area (Å²) in [5.41, 5.74) is 5.84. The molecule has 4 rings (SSSR count). The molecule has 1 heterocycles. The van der Waals surface area contributed by atoms with Crippen LogP contribution in [0.25, 0.3) is 0 Å². The van der Waals surface area contributed by atoms with Crippen LogP contribution in [0, 0.1) is 20.8 Å². The van der Waals surface area contributed by atoms with Crippen LogP contribution in [0.5, 0.6) is 0 Å². The van der Waals surface area contributed by atoms with Gasteiger partial charge in [-0.25, -0.2) is 4.98 Å². The summed E-state index contributed by atoms with van der Waals surface area (Å²) in [7, 11) is 0. The Morgan fingerprint density at radius 3 is 2.60 bits per heavy atom. The second-order valence-corrected chi connectivity index (χ2v) is 8.00. The molecule has 3 aromatic rings. The Morgan fingerprint density at radius 2 is 1.83 bits per heavy atom. The zero-order valence-corrected chi connectivity index (χ0v) is 17.5. The number of benzene rings is 2. The number of aryl methyl sites for hydroxylation is 4. The first-order chi connectivity index (χ1) is 14.4. The molecule has 1 amide bonds. The molecule has 6 nitrogen and oxygen atoms in total. The number of carbonyl (C=O) groups is 1. The van der Waals surface area contributed by atoms with Crippen molar-refractivity contribution in [2.24, 2.45) is 0 Å². The van der Waals surface area contributed by atoms with E-state index in [2.05, 4.69) is 33.8 Å². The van der Waals surface area contributed by atoms with E-state index in [1.165, 1.54) is 16.2 Å². The van der Waals surface area contributed by atoms with Crippen molar-refractivity contribution in [1.29, 1.82) is 0 Å². The summed E-state index contributed by atoms with van der Waals surface area (Å²) in [6.07, 6.45) is 1.83. The SMILES string of the molecule is Cc1cc(C)cc(Nc2nc(C)cc(=O)n2CC(=O)N[C@H]2CCc3ccccc32)c1. The lowest BCUT2D eigenvalue weighted by atomic mass is 10.1. The van der Waals surface area contributed by atoms with Gasteiger partial charge in [-0.15, -0.1) is 0 Å². The minimum absolute atomic E-state index is 0.0151. The zero-order valence-electron chi connectivity index (χ0n) is 17.5. The lowest BCUT2D eigenvalue weighted by molar-refractivity contribution is -0.122. The molecule has 1 aliphatic carbocycles. The molecule has 0 unspecified atom stereocenters.